The molecule has 0 aliphatic carbocycles. The van der Waals surface area contributed by atoms with Crippen molar-refractivity contribution in [3.63, 3.8) is 0 Å². The molecule has 3 rings (SSSR count). The largest absolute Gasteiger partial charge is 0.507 e. The fraction of sp³-hybridized carbons (Fsp3) is 0.111. The van der Waals surface area contributed by atoms with Gasteiger partial charge in [-0.2, -0.15) is 0 Å². The highest BCUT2D eigenvalue weighted by Crippen LogP contribution is 2.33. The monoisotopic (exact) mass is 354 g/mol. The predicted octanol–water partition coefficient (Wildman–Crippen LogP) is 2.31. The molecule has 1 saturated heterocycles. The minimum absolute atomic E-state index is 0.103. The van der Waals surface area contributed by atoms with Gasteiger partial charge in [-0.25, -0.2) is 0 Å². The van der Waals surface area contributed by atoms with Crippen LogP contribution in [0.15, 0.2) is 54.1 Å². The molecule has 0 unspecified atom stereocenters. The van der Waals surface area contributed by atoms with Gasteiger partial charge < -0.3 is 15.2 Å². The Morgan fingerprint density at radius 3 is 2.27 bits per heavy atom. The molecule has 0 aromatic heterocycles. The van der Waals surface area contributed by atoms with Crippen molar-refractivity contribution in [1.29, 1.82) is 0 Å². The molecule has 1 aliphatic heterocycles. The summed E-state index contributed by atoms with van der Waals surface area (Å²) in [4.78, 5) is 34.3. The number of nitro groups is 1. The van der Waals surface area contributed by atoms with Gasteiger partial charge in [0.1, 0.15) is 11.5 Å². The number of Topliss-reactive ketones (excluding diaryl/α,β-unsaturated/α-hetero) is 1. The molecule has 0 saturated carbocycles. The number of benzene rings is 2. The fourth-order valence-electron chi connectivity index (χ4n) is 2.71. The van der Waals surface area contributed by atoms with Crippen molar-refractivity contribution in [2.24, 2.45) is 0 Å². The molecule has 1 atom stereocenters. The molecule has 8 nitrogen and oxygen atoms in total. The second-order valence-electron chi connectivity index (χ2n) is 5.58. The van der Waals surface area contributed by atoms with Crippen molar-refractivity contribution in [3.8, 4) is 5.75 Å². The Labute approximate surface area is 147 Å². The van der Waals surface area contributed by atoms with Gasteiger partial charge in [-0.15, -0.1) is 0 Å². The van der Waals surface area contributed by atoms with E-state index in [-0.39, 0.29) is 16.8 Å². The zero-order valence-electron chi connectivity index (χ0n) is 13.6. The maximum absolute atomic E-state index is 12.2. The predicted molar refractivity (Wildman–Crippen MR) is 91.5 cm³/mol. The number of ketones is 1. The number of rotatable bonds is 4. The standard InChI is InChI=1S/C18H14N2O6/c1-26-13-8-4-10(5-9-13)15-14(17(22)18(23)19-15)16(21)11-2-6-12(7-3-11)20(24)25/h2-9,15,21H,1H3,(H,19,23)/t15-/m1/s1. The molecular weight excluding hydrogens is 340 g/mol. The van der Waals surface area contributed by atoms with Crippen LogP contribution in [0.25, 0.3) is 5.76 Å². The van der Waals surface area contributed by atoms with Crippen LogP contribution in [0.2, 0.25) is 0 Å². The third-order valence-electron chi connectivity index (χ3n) is 4.07. The average Bonchev–Trinajstić information content (AvgIpc) is 2.96. The highest BCUT2D eigenvalue weighted by atomic mass is 16.6. The van der Waals surface area contributed by atoms with Crippen LogP contribution in [0.1, 0.15) is 17.2 Å². The van der Waals surface area contributed by atoms with Gasteiger partial charge in [0, 0.05) is 17.7 Å². The molecule has 0 spiro atoms. The summed E-state index contributed by atoms with van der Waals surface area (Å²) in [7, 11) is 1.52. The van der Waals surface area contributed by atoms with Crippen LogP contribution in [-0.4, -0.2) is 28.8 Å². The number of hydrogen-bond acceptors (Lipinski definition) is 6. The van der Waals surface area contributed by atoms with E-state index >= 15 is 0 Å². The molecule has 26 heavy (non-hydrogen) atoms. The molecule has 1 fully saturated rings. The van der Waals surface area contributed by atoms with Gasteiger partial charge in [0.15, 0.2) is 0 Å². The number of carbonyl (C=O) groups is 2. The lowest BCUT2D eigenvalue weighted by Crippen LogP contribution is -2.21. The molecule has 8 heteroatoms. The first-order valence-electron chi connectivity index (χ1n) is 7.59. The van der Waals surface area contributed by atoms with E-state index in [0.717, 1.165) is 0 Å². The summed E-state index contributed by atoms with van der Waals surface area (Å²) in [6, 6.07) is 10.9. The van der Waals surface area contributed by atoms with Crippen LogP contribution >= 0.6 is 0 Å². The van der Waals surface area contributed by atoms with E-state index in [1.54, 1.807) is 24.3 Å². The second kappa shape index (κ2) is 6.67. The molecule has 1 heterocycles. The average molecular weight is 354 g/mol. The number of hydrogen-bond donors (Lipinski definition) is 2. The number of non-ortho nitro benzene ring substituents is 1. The van der Waals surface area contributed by atoms with Crippen molar-refractivity contribution in [2.45, 2.75) is 6.04 Å². The molecule has 1 amide bonds. The highest BCUT2D eigenvalue weighted by Gasteiger charge is 2.39. The Hall–Kier alpha value is -3.68. The normalized spacial score (nSPS) is 18.4. The van der Waals surface area contributed by atoms with Gasteiger partial charge in [0.2, 0.25) is 0 Å². The summed E-state index contributed by atoms with van der Waals surface area (Å²) in [5.74, 6) is -1.46. The number of nitrogens with zero attached hydrogens (tertiary/aromatic N) is 1. The van der Waals surface area contributed by atoms with Gasteiger partial charge in [-0.1, -0.05) is 12.1 Å². The Balaban J connectivity index is 2.04. The number of carbonyl (C=O) groups excluding carboxylic acids is 2. The third-order valence-corrected chi connectivity index (χ3v) is 4.07. The summed E-state index contributed by atoms with van der Waals surface area (Å²) >= 11 is 0. The number of amides is 1. The Morgan fingerprint density at radius 2 is 1.73 bits per heavy atom. The van der Waals surface area contributed by atoms with E-state index in [9.17, 15) is 24.8 Å². The van der Waals surface area contributed by atoms with Gasteiger partial charge in [0.25, 0.3) is 17.4 Å². The van der Waals surface area contributed by atoms with E-state index in [4.69, 9.17) is 4.74 Å². The molecule has 132 valence electrons. The molecular formula is C18H14N2O6. The topological polar surface area (TPSA) is 119 Å². The number of aliphatic hydroxyl groups is 1. The van der Waals surface area contributed by atoms with Crippen molar-refractivity contribution < 1.29 is 24.4 Å². The first-order valence-corrected chi connectivity index (χ1v) is 7.59. The molecule has 2 N–H and O–H groups in total. The quantitative estimate of drug-likeness (QED) is 0.286. The lowest BCUT2D eigenvalue weighted by molar-refractivity contribution is -0.384. The van der Waals surface area contributed by atoms with Gasteiger partial charge in [-0.05, 0) is 29.8 Å². The maximum atomic E-state index is 12.2. The molecule has 0 bridgehead atoms. The van der Waals surface area contributed by atoms with E-state index < -0.39 is 28.4 Å². The molecule has 2 aromatic carbocycles. The number of methoxy groups -OCH3 is 1. The van der Waals surface area contributed by atoms with E-state index in [1.165, 1.54) is 31.4 Å². The summed E-state index contributed by atoms with van der Waals surface area (Å²) in [5.41, 5.74) is 0.543. The van der Waals surface area contributed by atoms with Crippen molar-refractivity contribution in [2.75, 3.05) is 7.11 Å². The smallest absolute Gasteiger partial charge is 0.293 e. The van der Waals surface area contributed by atoms with Crippen LogP contribution in [0.3, 0.4) is 0 Å². The second-order valence-corrected chi connectivity index (χ2v) is 5.58. The summed E-state index contributed by atoms with van der Waals surface area (Å²) in [5, 5.41) is 23.8. The van der Waals surface area contributed by atoms with Crippen molar-refractivity contribution in [3.05, 3.63) is 75.3 Å². The molecule has 1 aliphatic rings. The fourth-order valence-corrected chi connectivity index (χ4v) is 2.71. The van der Waals surface area contributed by atoms with Crippen LogP contribution in [-0.2, 0) is 9.59 Å². The van der Waals surface area contributed by atoms with E-state index in [2.05, 4.69) is 5.32 Å². The zero-order chi connectivity index (χ0) is 18.8. The first kappa shape index (κ1) is 17.2. The molecule has 0 radical (unpaired) electrons. The summed E-state index contributed by atoms with van der Waals surface area (Å²) in [6.45, 7) is 0. The SMILES string of the molecule is COc1ccc([C@H]2NC(=O)C(=O)C2=C(O)c2ccc([N+](=O)[O-])cc2)cc1. The van der Waals surface area contributed by atoms with Crippen LogP contribution in [0, 0.1) is 10.1 Å². The van der Waals surface area contributed by atoms with E-state index in [0.29, 0.717) is 11.3 Å². The molecule has 2 aromatic rings. The third kappa shape index (κ3) is 3.00. The summed E-state index contributed by atoms with van der Waals surface area (Å²) < 4.78 is 5.08. The first-order chi connectivity index (χ1) is 12.4. The van der Waals surface area contributed by atoms with Crippen molar-refractivity contribution in [1.82, 2.24) is 5.32 Å². The Morgan fingerprint density at radius 1 is 1.12 bits per heavy atom. The van der Waals surface area contributed by atoms with Gasteiger partial charge >= 0.3 is 0 Å². The summed E-state index contributed by atoms with van der Waals surface area (Å²) in [6.07, 6.45) is 0. The minimum Gasteiger partial charge on any atom is -0.507 e. The highest BCUT2D eigenvalue weighted by molar-refractivity contribution is 6.46. The number of nitrogens with one attached hydrogen (secondary N) is 1. The van der Waals surface area contributed by atoms with Gasteiger partial charge in [0.05, 0.1) is 23.6 Å². The van der Waals surface area contributed by atoms with Crippen LogP contribution in [0.5, 0.6) is 5.75 Å². The number of ether oxygens (including phenoxy) is 1. The number of aliphatic hydroxyl groups excluding tert-OH is 1. The zero-order valence-corrected chi connectivity index (χ0v) is 13.6. The van der Waals surface area contributed by atoms with E-state index in [1.807, 2.05) is 0 Å². The van der Waals surface area contributed by atoms with Crippen LogP contribution < -0.4 is 10.1 Å². The Bertz CT molecular complexity index is 916. The Kier molecular flexibility index (Phi) is 4.40. The van der Waals surface area contributed by atoms with Gasteiger partial charge in [-0.3, -0.25) is 19.7 Å². The van der Waals surface area contributed by atoms with Crippen LogP contribution in [0.4, 0.5) is 5.69 Å². The lowest BCUT2D eigenvalue weighted by Gasteiger charge is -2.14. The number of nitro benzene ring substituents is 1. The minimum atomic E-state index is -0.846. The lowest BCUT2D eigenvalue weighted by atomic mass is 9.96. The maximum Gasteiger partial charge on any atom is 0.293 e. The van der Waals surface area contributed by atoms with Crippen molar-refractivity contribution >= 4 is 23.1 Å².